The van der Waals surface area contributed by atoms with Gasteiger partial charge < -0.3 is 15.0 Å². The Morgan fingerprint density at radius 2 is 1.71 bits per heavy atom. The van der Waals surface area contributed by atoms with Crippen molar-refractivity contribution in [1.29, 1.82) is 0 Å². The molecule has 1 unspecified atom stereocenters. The quantitative estimate of drug-likeness (QED) is 0.442. The van der Waals surface area contributed by atoms with Crippen molar-refractivity contribution in [3.63, 3.8) is 0 Å². The molecule has 8 nitrogen and oxygen atoms in total. The number of ether oxygens (including phenoxy) is 1. The first-order valence-corrected chi connectivity index (χ1v) is 13.2. The van der Waals surface area contributed by atoms with Crippen molar-refractivity contribution in [2.45, 2.75) is 39.3 Å². The SMILES string of the molecule is CCCCNC(=O)C(C)N(Cc1ccc(OC)cc1)C(=O)CN(c1ccc(Cl)cc1)S(C)(=O)=O. The summed E-state index contributed by atoms with van der Waals surface area (Å²) >= 11 is 5.93. The van der Waals surface area contributed by atoms with Crippen molar-refractivity contribution in [2.75, 3.05) is 30.8 Å². The number of amides is 2. The molecule has 1 N–H and O–H groups in total. The Morgan fingerprint density at radius 3 is 2.24 bits per heavy atom. The second-order valence-electron chi connectivity index (χ2n) is 7.94. The minimum Gasteiger partial charge on any atom is -0.497 e. The molecule has 2 aromatic carbocycles. The Morgan fingerprint density at radius 1 is 1.09 bits per heavy atom. The first-order chi connectivity index (χ1) is 16.1. The molecule has 0 heterocycles. The van der Waals surface area contributed by atoms with Gasteiger partial charge in [-0.25, -0.2) is 8.42 Å². The van der Waals surface area contributed by atoms with Crippen LogP contribution in [0.3, 0.4) is 0 Å². The van der Waals surface area contributed by atoms with Crippen LogP contribution in [0.15, 0.2) is 48.5 Å². The molecule has 0 saturated heterocycles. The summed E-state index contributed by atoms with van der Waals surface area (Å²) in [6.45, 7) is 3.83. The third-order valence-corrected chi connectivity index (χ3v) is 6.70. The number of rotatable bonds is 12. The predicted octanol–water partition coefficient (Wildman–Crippen LogP) is 3.45. The minimum absolute atomic E-state index is 0.128. The van der Waals surface area contributed by atoms with Crippen LogP contribution in [0, 0.1) is 0 Å². The smallest absolute Gasteiger partial charge is 0.244 e. The number of nitrogens with zero attached hydrogens (tertiary/aromatic N) is 2. The van der Waals surface area contributed by atoms with E-state index in [9.17, 15) is 18.0 Å². The minimum atomic E-state index is -3.78. The lowest BCUT2D eigenvalue weighted by molar-refractivity contribution is -0.139. The van der Waals surface area contributed by atoms with Crippen LogP contribution in [0.4, 0.5) is 5.69 Å². The Kier molecular flexibility index (Phi) is 10.2. The van der Waals surface area contributed by atoms with Crippen LogP contribution in [-0.2, 0) is 26.2 Å². The highest BCUT2D eigenvalue weighted by atomic mass is 35.5. The van der Waals surface area contributed by atoms with Crippen molar-refractivity contribution in [3.05, 3.63) is 59.1 Å². The normalized spacial score (nSPS) is 12.0. The standard InChI is InChI=1S/C24H32ClN3O5S/c1-5-6-15-26-24(30)18(2)27(16-19-7-13-22(33-3)14-8-19)23(29)17-28(34(4,31)32)21-11-9-20(25)10-12-21/h7-14,18H,5-6,15-17H2,1-4H3,(H,26,30). The maximum absolute atomic E-state index is 13.4. The number of halogens is 1. The average Bonchev–Trinajstić information content (AvgIpc) is 2.81. The van der Waals surface area contributed by atoms with E-state index in [1.165, 1.54) is 17.0 Å². The van der Waals surface area contributed by atoms with Crippen molar-refractivity contribution >= 4 is 39.1 Å². The molecule has 0 aliphatic heterocycles. The van der Waals surface area contributed by atoms with Gasteiger partial charge in [0.05, 0.1) is 19.1 Å². The molecule has 0 aliphatic rings. The molecular formula is C24H32ClN3O5S. The fraction of sp³-hybridized carbons (Fsp3) is 0.417. The summed E-state index contributed by atoms with van der Waals surface area (Å²) < 4.78 is 31.2. The number of sulfonamides is 1. The first kappa shape index (κ1) is 27.5. The zero-order valence-corrected chi connectivity index (χ0v) is 21.5. The highest BCUT2D eigenvalue weighted by Crippen LogP contribution is 2.22. The van der Waals surface area contributed by atoms with Gasteiger partial charge in [0.15, 0.2) is 0 Å². The van der Waals surface area contributed by atoms with E-state index in [-0.39, 0.29) is 12.5 Å². The third kappa shape index (κ3) is 7.92. The van der Waals surface area contributed by atoms with E-state index < -0.39 is 28.5 Å². The molecule has 0 fully saturated rings. The van der Waals surface area contributed by atoms with Crippen LogP contribution < -0.4 is 14.4 Å². The fourth-order valence-electron chi connectivity index (χ4n) is 3.27. The van der Waals surface area contributed by atoms with Gasteiger partial charge in [0, 0.05) is 18.1 Å². The second-order valence-corrected chi connectivity index (χ2v) is 10.3. The maximum atomic E-state index is 13.4. The van der Waals surface area contributed by atoms with Crippen molar-refractivity contribution in [3.8, 4) is 5.75 Å². The molecule has 0 aliphatic carbocycles. The molecule has 0 radical (unpaired) electrons. The summed E-state index contributed by atoms with van der Waals surface area (Å²) in [5.41, 5.74) is 1.09. The van der Waals surface area contributed by atoms with Gasteiger partial charge in [-0.15, -0.1) is 0 Å². The van der Waals surface area contributed by atoms with Gasteiger partial charge in [-0.05, 0) is 55.3 Å². The van der Waals surface area contributed by atoms with Gasteiger partial charge in [0.2, 0.25) is 21.8 Å². The highest BCUT2D eigenvalue weighted by molar-refractivity contribution is 7.92. The zero-order chi connectivity index (χ0) is 25.3. The molecule has 0 spiro atoms. The number of unbranched alkanes of at least 4 members (excludes halogenated alkanes) is 1. The lowest BCUT2D eigenvalue weighted by atomic mass is 10.1. The van der Waals surface area contributed by atoms with Gasteiger partial charge in [-0.2, -0.15) is 0 Å². The Labute approximate surface area is 206 Å². The summed E-state index contributed by atoms with van der Waals surface area (Å²) in [5.74, 6) is -0.139. The summed E-state index contributed by atoms with van der Waals surface area (Å²) in [4.78, 5) is 27.6. The summed E-state index contributed by atoms with van der Waals surface area (Å²) in [6, 6.07) is 12.5. The van der Waals surface area contributed by atoms with Crippen LogP contribution in [0.2, 0.25) is 5.02 Å². The number of methoxy groups -OCH3 is 1. The van der Waals surface area contributed by atoms with E-state index in [0.717, 1.165) is 29.0 Å². The number of hydrogen-bond acceptors (Lipinski definition) is 5. The number of carbonyl (C=O) groups excluding carboxylic acids is 2. The second kappa shape index (κ2) is 12.6. The van der Waals surface area contributed by atoms with Gasteiger partial charge in [0.1, 0.15) is 18.3 Å². The van der Waals surface area contributed by atoms with E-state index in [1.807, 2.05) is 6.92 Å². The maximum Gasteiger partial charge on any atom is 0.244 e. The molecule has 10 heteroatoms. The third-order valence-electron chi connectivity index (χ3n) is 5.30. The molecular weight excluding hydrogens is 478 g/mol. The lowest BCUT2D eigenvalue weighted by Gasteiger charge is -2.31. The van der Waals surface area contributed by atoms with E-state index in [2.05, 4.69) is 5.32 Å². The number of benzene rings is 2. The lowest BCUT2D eigenvalue weighted by Crippen LogP contribution is -2.51. The van der Waals surface area contributed by atoms with Gasteiger partial charge in [0.25, 0.3) is 0 Å². The average molecular weight is 510 g/mol. The van der Waals surface area contributed by atoms with Crippen molar-refractivity contribution < 1.29 is 22.7 Å². The van der Waals surface area contributed by atoms with E-state index in [0.29, 0.717) is 23.0 Å². The van der Waals surface area contributed by atoms with Crippen LogP contribution in [0.5, 0.6) is 5.75 Å². The fourth-order valence-corrected chi connectivity index (χ4v) is 4.24. The number of anilines is 1. The van der Waals surface area contributed by atoms with Crippen molar-refractivity contribution in [2.24, 2.45) is 0 Å². The van der Waals surface area contributed by atoms with E-state index in [1.54, 1.807) is 50.4 Å². The largest absolute Gasteiger partial charge is 0.497 e. The first-order valence-electron chi connectivity index (χ1n) is 11.0. The molecule has 0 aromatic heterocycles. The molecule has 1 atom stereocenters. The van der Waals surface area contributed by atoms with E-state index >= 15 is 0 Å². The molecule has 2 rings (SSSR count). The van der Waals surface area contributed by atoms with Crippen LogP contribution in [0.25, 0.3) is 0 Å². The molecule has 0 bridgehead atoms. The van der Waals surface area contributed by atoms with Gasteiger partial charge >= 0.3 is 0 Å². The molecule has 2 aromatic rings. The van der Waals surface area contributed by atoms with Crippen LogP contribution in [0.1, 0.15) is 32.3 Å². The highest BCUT2D eigenvalue weighted by Gasteiger charge is 2.30. The number of nitrogens with one attached hydrogen (secondary N) is 1. The topological polar surface area (TPSA) is 96.0 Å². The van der Waals surface area contributed by atoms with Crippen LogP contribution >= 0.6 is 11.6 Å². The van der Waals surface area contributed by atoms with Gasteiger partial charge in [-0.3, -0.25) is 13.9 Å². The Hall–Kier alpha value is -2.78. The molecule has 34 heavy (non-hydrogen) atoms. The summed E-state index contributed by atoms with van der Waals surface area (Å²) in [6.07, 6.45) is 2.78. The Bertz CT molecular complexity index is 1060. The summed E-state index contributed by atoms with van der Waals surface area (Å²) in [5, 5.41) is 3.29. The molecule has 0 saturated carbocycles. The molecule has 186 valence electrons. The number of hydrogen-bond donors (Lipinski definition) is 1. The number of carbonyl (C=O) groups is 2. The molecule has 2 amide bonds. The van der Waals surface area contributed by atoms with Crippen molar-refractivity contribution in [1.82, 2.24) is 10.2 Å². The van der Waals surface area contributed by atoms with Crippen LogP contribution in [-0.4, -0.2) is 57.6 Å². The van der Waals surface area contributed by atoms with E-state index in [4.69, 9.17) is 16.3 Å². The monoisotopic (exact) mass is 509 g/mol. The van der Waals surface area contributed by atoms with Gasteiger partial charge in [-0.1, -0.05) is 37.1 Å². The predicted molar refractivity (Wildman–Crippen MR) is 135 cm³/mol. The summed E-state index contributed by atoms with van der Waals surface area (Å²) in [7, 11) is -2.22. The Balaban J connectivity index is 2.32. The zero-order valence-electron chi connectivity index (χ0n) is 20.0.